The van der Waals surface area contributed by atoms with E-state index in [2.05, 4.69) is 50.8 Å². The van der Waals surface area contributed by atoms with Crippen molar-refractivity contribution in [1.29, 1.82) is 0 Å². The van der Waals surface area contributed by atoms with E-state index in [0.717, 1.165) is 30.2 Å². The van der Waals surface area contributed by atoms with E-state index < -0.39 is 0 Å². The third-order valence-electron chi connectivity index (χ3n) is 5.20. The molecule has 0 N–H and O–H groups in total. The first kappa shape index (κ1) is 18.3. The molecule has 0 amide bonds. The molecule has 0 aromatic heterocycles. The van der Waals surface area contributed by atoms with E-state index in [1.807, 2.05) is 13.1 Å². The summed E-state index contributed by atoms with van der Waals surface area (Å²) in [5.74, 6) is 3.18. The van der Waals surface area contributed by atoms with Crippen LogP contribution >= 0.6 is 0 Å². The third-order valence-corrected chi connectivity index (χ3v) is 5.20. The second kappa shape index (κ2) is 9.27. The van der Waals surface area contributed by atoms with Crippen LogP contribution in [0.1, 0.15) is 73.6 Å². The molecule has 1 saturated heterocycles. The number of hydrazone groups is 1. The monoisotopic (exact) mass is 292 g/mol. The molecule has 0 spiro atoms. The van der Waals surface area contributed by atoms with E-state index in [9.17, 15) is 0 Å². The van der Waals surface area contributed by atoms with Gasteiger partial charge in [-0.2, -0.15) is 5.10 Å². The Balaban J connectivity index is 3.00. The molecule has 1 fully saturated rings. The molecular weight excluding hydrogens is 256 g/mol. The van der Waals surface area contributed by atoms with Crippen molar-refractivity contribution in [2.75, 3.05) is 6.54 Å². The second-order valence-electron chi connectivity index (χ2n) is 6.90. The summed E-state index contributed by atoms with van der Waals surface area (Å²) in [6.07, 6.45) is 10.8. The standard InChI is InChI=1S/C19H36N2/c1-7-11-16(8-2)17-12-18(15(5)6)14-21(20-10-4)19(9-3)13-17/h9-10,15-18H,7-8,11-14H2,1-6H3/b19-9-,20-10-. The largest absolute Gasteiger partial charge is 0.270 e. The number of nitrogens with zero attached hydrogens (tertiary/aromatic N) is 2. The summed E-state index contributed by atoms with van der Waals surface area (Å²) in [5, 5.41) is 6.90. The molecule has 0 aliphatic carbocycles. The van der Waals surface area contributed by atoms with E-state index in [4.69, 9.17) is 0 Å². The van der Waals surface area contributed by atoms with Crippen LogP contribution in [-0.2, 0) is 0 Å². The number of hydrogen-bond acceptors (Lipinski definition) is 2. The van der Waals surface area contributed by atoms with Crippen LogP contribution in [-0.4, -0.2) is 17.8 Å². The van der Waals surface area contributed by atoms with Gasteiger partial charge in [0.25, 0.3) is 0 Å². The minimum atomic E-state index is 0.734. The van der Waals surface area contributed by atoms with Crippen molar-refractivity contribution in [2.24, 2.45) is 28.8 Å². The summed E-state index contributed by atoms with van der Waals surface area (Å²) in [5.41, 5.74) is 1.43. The second-order valence-corrected chi connectivity index (χ2v) is 6.90. The minimum absolute atomic E-state index is 0.734. The topological polar surface area (TPSA) is 15.6 Å². The molecule has 3 atom stereocenters. The Morgan fingerprint density at radius 3 is 2.43 bits per heavy atom. The molecule has 2 nitrogen and oxygen atoms in total. The van der Waals surface area contributed by atoms with E-state index in [1.165, 1.54) is 37.8 Å². The highest BCUT2D eigenvalue weighted by atomic mass is 15.5. The lowest BCUT2D eigenvalue weighted by Crippen LogP contribution is -2.25. The van der Waals surface area contributed by atoms with Gasteiger partial charge in [0.1, 0.15) is 0 Å². The predicted molar refractivity (Wildman–Crippen MR) is 94.4 cm³/mol. The van der Waals surface area contributed by atoms with Crippen molar-refractivity contribution in [3.8, 4) is 0 Å². The Kier molecular flexibility index (Phi) is 8.06. The van der Waals surface area contributed by atoms with Gasteiger partial charge in [0, 0.05) is 18.5 Å². The van der Waals surface area contributed by atoms with Crippen molar-refractivity contribution < 1.29 is 0 Å². The van der Waals surface area contributed by atoms with Crippen LogP contribution in [0.5, 0.6) is 0 Å². The van der Waals surface area contributed by atoms with Crippen molar-refractivity contribution >= 4 is 6.21 Å². The molecule has 3 unspecified atom stereocenters. The van der Waals surface area contributed by atoms with E-state index in [0.29, 0.717) is 0 Å². The smallest absolute Gasteiger partial charge is 0.0442 e. The zero-order valence-corrected chi connectivity index (χ0v) is 15.1. The van der Waals surface area contributed by atoms with Crippen LogP contribution in [0.25, 0.3) is 0 Å². The van der Waals surface area contributed by atoms with Crippen LogP contribution in [0.2, 0.25) is 0 Å². The van der Waals surface area contributed by atoms with Gasteiger partial charge < -0.3 is 0 Å². The fourth-order valence-electron chi connectivity index (χ4n) is 3.77. The van der Waals surface area contributed by atoms with Crippen molar-refractivity contribution in [2.45, 2.75) is 73.6 Å². The van der Waals surface area contributed by atoms with Gasteiger partial charge in [-0.25, -0.2) is 0 Å². The number of allylic oxidation sites excluding steroid dienone is 2. The Bertz CT molecular complexity index is 343. The van der Waals surface area contributed by atoms with Crippen LogP contribution in [0, 0.1) is 23.7 Å². The summed E-state index contributed by atoms with van der Waals surface area (Å²) in [6, 6.07) is 0. The lowest BCUT2D eigenvalue weighted by atomic mass is 9.77. The molecule has 1 rings (SSSR count). The molecule has 1 heterocycles. The maximum atomic E-state index is 4.63. The van der Waals surface area contributed by atoms with Crippen LogP contribution < -0.4 is 0 Å². The van der Waals surface area contributed by atoms with Gasteiger partial charge in [-0.15, -0.1) is 0 Å². The highest BCUT2D eigenvalue weighted by molar-refractivity contribution is 5.52. The molecule has 122 valence electrons. The van der Waals surface area contributed by atoms with Crippen molar-refractivity contribution in [1.82, 2.24) is 5.01 Å². The maximum Gasteiger partial charge on any atom is 0.0442 e. The average Bonchev–Trinajstić information content (AvgIpc) is 2.65. The molecule has 1 aliphatic heterocycles. The molecule has 0 radical (unpaired) electrons. The molecular formula is C19H36N2. The molecule has 0 saturated carbocycles. The molecule has 0 aromatic rings. The molecule has 2 heteroatoms. The number of hydrogen-bond donors (Lipinski definition) is 0. The highest BCUT2D eigenvalue weighted by Crippen LogP contribution is 2.38. The third kappa shape index (κ3) is 5.16. The fraction of sp³-hybridized carbons (Fsp3) is 0.842. The van der Waals surface area contributed by atoms with Gasteiger partial charge in [0.05, 0.1) is 0 Å². The lowest BCUT2D eigenvalue weighted by Gasteiger charge is -2.28. The zero-order chi connectivity index (χ0) is 15.8. The predicted octanol–water partition coefficient (Wildman–Crippen LogP) is 5.71. The average molecular weight is 293 g/mol. The molecule has 0 bridgehead atoms. The molecule has 21 heavy (non-hydrogen) atoms. The van der Waals surface area contributed by atoms with Gasteiger partial charge in [0.2, 0.25) is 0 Å². The first-order chi connectivity index (χ1) is 10.1. The van der Waals surface area contributed by atoms with E-state index in [-0.39, 0.29) is 0 Å². The zero-order valence-electron chi connectivity index (χ0n) is 15.1. The van der Waals surface area contributed by atoms with E-state index >= 15 is 0 Å². The van der Waals surface area contributed by atoms with Gasteiger partial charge in [-0.1, -0.05) is 53.0 Å². The van der Waals surface area contributed by atoms with Gasteiger partial charge in [-0.05, 0) is 50.4 Å². The maximum absolute atomic E-state index is 4.63. The molecule has 1 aliphatic rings. The Labute approximate surface area is 132 Å². The van der Waals surface area contributed by atoms with Crippen molar-refractivity contribution in [3.63, 3.8) is 0 Å². The Morgan fingerprint density at radius 1 is 1.24 bits per heavy atom. The first-order valence-corrected chi connectivity index (χ1v) is 8.98. The van der Waals surface area contributed by atoms with Gasteiger partial charge in [0.15, 0.2) is 0 Å². The molecule has 0 aromatic carbocycles. The fourth-order valence-corrected chi connectivity index (χ4v) is 3.77. The Morgan fingerprint density at radius 2 is 1.95 bits per heavy atom. The normalized spacial score (nSPS) is 27.6. The summed E-state index contributed by atoms with van der Waals surface area (Å²) in [4.78, 5) is 0. The summed E-state index contributed by atoms with van der Waals surface area (Å²) < 4.78 is 0. The lowest BCUT2D eigenvalue weighted by molar-refractivity contribution is 0.215. The highest BCUT2D eigenvalue weighted by Gasteiger charge is 2.31. The number of rotatable bonds is 6. The summed E-state index contributed by atoms with van der Waals surface area (Å²) in [7, 11) is 0. The minimum Gasteiger partial charge on any atom is -0.270 e. The van der Waals surface area contributed by atoms with Gasteiger partial charge in [-0.3, -0.25) is 5.01 Å². The van der Waals surface area contributed by atoms with Crippen LogP contribution in [0.4, 0.5) is 0 Å². The SMILES string of the molecule is C/C=N\N1CC(C(C)C)CC(C(CC)CCC)C/C1=C/C. The van der Waals surface area contributed by atoms with Crippen LogP contribution in [0.15, 0.2) is 16.9 Å². The van der Waals surface area contributed by atoms with Gasteiger partial charge >= 0.3 is 0 Å². The van der Waals surface area contributed by atoms with Crippen molar-refractivity contribution in [3.05, 3.63) is 11.8 Å². The first-order valence-electron chi connectivity index (χ1n) is 8.98. The summed E-state index contributed by atoms with van der Waals surface area (Å²) in [6.45, 7) is 14.7. The summed E-state index contributed by atoms with van der Waals surface area (Å²) >= 11 is 0. The van der Waals surface area contributed by atoms with E-state index in [1.54, 1.807) is 0 Å². The van der Waals surface area contributed by atoms with Crippen LogP contribution in [0.3, 0.4) is 0 Å². The Hall–Kier alpha value is -0.790. The quantitative estimate of drug-likeness (QED) is 0.573.